The van der Waals surface area contributed by atoms with Crippen LogP contribution in [0.5, 0.6) is 5.75 Å². The molecule has 2 aromatic rings. The van der Waals surface area contributed by atoms with E-state index in [-0.39, 0.29) is 12.6 Å². The fourth-order valence-electron chi connectivity index (χ4n) is 2.86. The summed E-state index contributed by atoms with van der Waals surface area (Å²) in [4.78, 5) is 13.8. The van der Waals surface area contributed by atoms with E-state index in [2.05, 4.69) is 0 Å². The molecule has 0 saturated carbocycles. The largest absolute Gasteiger partial charge is 0.491 e. The van der Waals surface area contributed by atoms with Gasteiger partial charge in [-0.1, -0.05) is 36.4 Å². The number of anilines is 1. The fraction of sp³-hybridized carbons (Fsp3) is 0.316. The Kier molecular flexibility index (Phi) is 4.42. The van der Waals surface area contributed by atoms with E-state index in [0.717, 1.165) is 0 Å². The second-order valence-electron chi connectivity index (χ2n) is 6.08. The molecular weight excluding hydrogens is 309 g/mol. The molecule has 0 aliphatic carbocycles. The lowest BCUT2D eigenvalue weighted by Crippen LogP contribution is -2.35. The highest BCUT2D eigenvalue weighted by Gasteiger charge is 2.49. The van der Waals surface area contributed by atoms with Crippen LogP contribution in [0.25, 0.3) is 0 Å². The molecule has 0 aromatic heterocycles. The zero-order valence-electron chi connectivity index (χ0n) is 13.7. The van der Waals surface area contributed by atoms with Gasteiger partial charge in [0.15, 0.2) is 5.60 Å². The Balaban J connectivity index is 1.98. The van der Waals surface area contributed by atoms with E-state index in [0.29, 0.717) is 17.0 Å². The summed E-state index contributed by atoms with van der Waals surface area (Å²) in [5, 5.41) is 0. The molecule has 1 saturated heterocycles. The van der Waals surface area contributed by atoms with E-state index < -0.39 is 18.4 Å². The molecule has 4 nitrogen and oxygen atoms in total. The van der Waals surface area contributed by atoms with Gasteiger partial charge in [-0.25, -0.2) is 9.18 Å². The fourth-order valence-corrected chi connectivity index (χ4v) is 2.86. The van der Waals surface area contributed by atoms with Crippen LogP contribution in [0, 0.1) is 0 Å². The average molecular weight is 329 g/mol. The van der Waals surface area contributed by atoms with Crippen LogP contribution in [-0.4, -0.2) is 25.4 Å². The van der Waals surface area contributed by atoms with E-state index in [4.69, 9.17) is 9.47 Å². The number of ether oxygens (including phenoxy) is 2. The van der Waals surface area contributed by atoms with Crippen LogP contribution in [0.4, 0.5) is 14.9 Å². The molecule has 0 unspecified atom stereocenters. The number of hydrogen-bond donors (Lipinski definition) is 0. The Morgan fingerprint density at radius 1 is 1.17 bits per heavy atom. The number of cyclic esters (lactones) is 1. The van der Waals surface area contributed by atoms with Gasteiger partial charge in [0, 0.05) is 11.3 Å². The molecule has 5 heteroatoms. The van der Waals surface area contributed by atoms with Crippen molar-refractivity contribution in [3.63, 3.8) is 0 Å². The van der Waals surface area contributed by atoms with Crippen molar-refractivity contribution in [1.82, 2.24) is 0 Å². The van der Waals surface area contributed by atoms with E-state index in [1.165, 1.54) is 4.90 Å². The molecule has 1 amide bonds. The van der Waals surface area contributed by atoms with Gasteiger partial charge in [0.25, 0.3) is 0 Å². The van der Waals surface area contributed by atoms with Gasteiger partial charge < -0.3 is 9.47 Å². The number of para-hydroxylation sites is 2. The molecule has 1 atom stereocenters. The molecule has 1 heterocycles. The van der Waals surface area contributed by atoms with E-state index in [9.17, 15) is 9.18 Å². The first-order chi connectivity index (χ1) is 11.6. The Morgan fingerprint density at radius 2 is 1.83 bits per heavy atom. The average Bonchev–Trinajstić information content (AvgIpc) is 2.93. The predicted molar refractivity (Wildman–Crippen MR) is 90.1 cm³/mol. The number of carbonyl (C=O) groups is 1. The number of nitrogens with zero attached hydrogens (tertiary/aromatic N) is 1. The maximum absolute atomic E-state index is 14.1. The van der Waals surface area contributed by atoms with E-state index in [1.807, 2.05) is 38.1 Å². The van der Waals surface area contributed by atoms with Crippen molar-refractivity contribution in [2.24, 2.45) is 0 Å². The van der Waals surface area contributed by atoms with Crippen LogP contribution < -0.4 is 9.64 Å². The zero-order chi connectivity index (χ0) is 17.2. The monoisotopic (exact) mass is 329 g/mol. The molecule has 1 fully saturated rings. The SMILES string of the molecule is CC(C)Oc1ccccc1[C@]1(CF)CN(c2ccccc2)C(=O)O1. The Hall–Kier alpha value is -2.56. The van der Waals surface area contributed by atoms with Crippen LogP contribution >= 0.6 is 0 Å². The molecule has 2 aromatic carbocycles. The van der Waals surface area contributed by atoms with Crippen molar-refractivity contribution in [3.05, 3.63) is 60.2 Å². The lowest BCUT2D eigenvalue weighted by atomic mass is 9.94. The number of amides is 1. The third-order valence-electron chi connectivity index (χ3n) is 3.94. The number of alkyl halides is 1. The zero-order valence-corrected chi connectivity index (χ0v) is 13.7. The van der Waals surface area contributed by atoms with Crippen LogP contribution in [-0.2, 0) is 10.3 Å². The van der Waals surface area contributed by atoms with Gasteiger partial charge in [0.1, 0.15) is 12.4 Å². The summed E-state index contributed by atoms with van der Waals surface area (Å²) in [5.74, 6) is 0.535. The summed E-state index contributed by atoms with van der Waals surface area (Å²) in [6.07, 6.45) is -0.622. The van der Waals surface area contributed by atoms with Gasteiger partial charge in [0.05, 0.1) is 12.6 Å². The van der Waals surface area contributed by atoms with Crippen LogP contribution in [0.1, 0.15) is 19.4 Å². The minimum Gasteiger partial charge on any atom is -0.491 e. The second-order valence-corrected chi connectivity index (χ2v) is 6.08. The van der Waals surface area contributed by atoms with Crippen LogP contribution in [0.2, 0.25) is 0 Å². The van der Waals surface area contributed by atoms with E-state index in [1.54, 1.807) is 30.3 Å². The van der Waals surface area contributed by atoms with Crippen molar-refractivity contribution in [3.8, 4) is 5.75 Å². The molecule has 0 spiro atoms. The maximum atomic E-state index is 14.1. The molecule has 0 radical (unpaired) electrons. The van der Waals surface area contributed by atoms with Gasteiger partial charge in [-0.05, 0) is 32.0 Å². The third-order valence-corrected chi connectivity index (χ3v) is 3.94. The highest BCUT2D eigenvalue weighted by Crippen LogP contribution is 2.40. The standard InChI is InChI=1S/C19H20FNO3/c1-14(2)23-17-11-7-6-10-16(17)19(12-20)13-21(18(22)24-19)15-8-4-3-5-9-15/h3-11,14H,12-13H2,1-2H3/t19-/m0/s1. The van der Waals surface area contributed by atoms with Crippen molar-refractivity contribution < 1.29 is 18.7 Å². The third kappa shape index (κ3) is 2.94. The summed E-state index contributed by atoms with van der Waals surface area (Å²) in [6, 6.07) is 16.2. The molecule has 3 rings (SSSR count). The highest BCUT2D eigenvalue weighted by molar-refractivity contribution is 5.90. The topological polar surface area (TPSA) is 38.8 Å². The van der Waals surface area contributed by atoms with Gasteiger partial charge in [-0.2, -0.15) is 0 Å². The van der Waals surface area contributed by atoms with Crippen LogP contribution in [0.3, 0.4) is 0 Å². The van der Waals surface area contributed by atoms with E-state index >= 15 is 0 Å². The first kappa shape index (κ1) is 16.3. The quantitative estimate of drug-likeness (QED) is 0.821. The van der Waals surface area contributed by atoms with Gasteiger partial charge in [0.2, 0.25) is 0 Å². The molecular formula is C19H20FNO3. The predicted octanol–water partition coefficient (Wildman–Crippen LogP) is 4.30. The maximum Gasteiger partial charge on any atom is 0.415 e. The Bertz CT molecular complexity index is 720. The Labute approximate surface area is 140 Å². The second kappa shape index (κ2) is 6.51. The smallest absolute Gasteiger partial charge is 0.415 e. The van der Waals surface area contributed by atoms with Crippen molar-refractivity contribution >= 4 is 11.8 Å². The van der Waals surface area contributed by atoms with Crippen molar-refractivity contribution in [2.75, 3.05) is 18.1 Å². The molecule has 126 valence electrons. The highest BCUT2D eigenvalue weighted by atomic mass is 19.1. The number of halogens is 1. The first-order valence-electron chi connectivity index (χ1n) is 7.93. The molecule has 24 heavy (non-hydrogen) atoms. The van der Waals surface area contributed by atoms with Gasteiger partial charge in [-0.3, -0.25) is 4.90 Å². The molecule has 0 N–H and O–H groups in total. The summed E-state index contributed by atoms with van der Waals surface area (Å²) in [5.41, 5.74) is -0.133. The summed E-state index contributed by atoms with van der Waals surface area (Å²) < 4.78 is 25.3. The number of hydrogen-bond acceptors (Lipinski definition) is 3. The van der Waals surface area contributed by atoms with Crippen molar-refractivity contribution in [2.45, 2.75) is 25.6 Å². The molecule has 1 aliphatic rings. The number of carbonyl (C=O) groups excluding carboxylic acids is 1. The summed E-state index contributed by atoms with van der Waals surface area (Å²) >= 11 is 0. The first-order valence-corrected chi connectivity index (χ1v) is 7.93. The van der Waals surface area contributed by atoms with Gasteiger partial charge >= 0.3 is 6.09 Å². The lowest BCUT2D eigenvalue weighted by molar-refractivity contribution is 0.0292. The molecule has 0 bridgehead atoms. The minimum atomic E-state index is -1.36. The van der Waals surface area contributed by atoms with Crippen molar-refractivity contribution in [1.29, 1.82) is 0 Å². The Morgan fingerprint density at radius 3 is 2.50 bits per heavy atom. The number of rotatable bonds is 5. The normalized spacial score (nSPS) is 20.3. The summed E-state index contributed by atoms with van der Waals surface area (Å²) in [7, 11) is 0. The minimum absolute atomic E-state index is 0.0647. The van der Waals surface area contributed by atoms with Gasteiger partial charge in [-0.15, -0.1) is 0 Å². The lowest BCUT2D eigenvalue weighted by Gasteiger charge is -2.27. The van der Waals surface area contributed by atoms with Crippen LogP contribution in [0.15, 0.2) is 54.6 Å². The number of benzene rings is 2. The summed E-state index contributed by atoms with van der Waals surface area (Å²) in [6.45, 7) is 3.08. The molecule has 1 aliphatic heterocycles.